The van der Waals surface area contributed by atoms with Crippen LogP contribution in [-0.2, 0) is 11.2 Å². The summed E-state index contributed by atoms with van der Waals surface area (Å²) in [4.78, 5) is 9.74. The van der Waals surface area contributed by atoms with Crippen LogP contribution in [-0.4, -0.2) is 17.6 Å². The topological polar surface area (TPSA) is 52.4 Å². The van der Waals surface area contributed by atoms with E-state index in [0.29, 0.717) is 6.10 Å². The third-order valence-corrected chi connectivity index (χ3v) is 3.15. The Morgan fingerprint density at radius 2 is 2.17 bits per heavy atom. The van der Waals surface area contributed by atoms with Crippen molar-refractivity contribution < 1.29 is 9.66 Å². The first-order valence-corrected chi connectivity index (χ1v) is 6.26. The zero-order valence-corrected chi connectivity index (χ0v) is 10.2. The Balaban J connectivity index is 1.85. The van der Waals surface area contributed by atoms with E-state index in [2.05, 4.69) is 0 Å². The molecule has 1 atom stereocenters. The third-order valence-electron chi connectivity index (χ3n) is 3.15. The van der Waals surface area contributed by atoms with E-state index < -0.39 is 4.92 Å². The van der Waals surface area contributed by atoms with Crippen molar-refractivity contribution in [1.82, 2.24) is 0 Å². The Bertz CT molecular complexity index is 419. The number of nitro groups is 1. The van der Waals surface area contributed by atoms with E-state index in [1.807, 2.05) is 24.3 Å². The molecule has 0 bridgehead atoms. The van der Waals surface area contributed by atoms with Crippen molar-refractivity contribution in [2.75, 3.05) is 6.61 Å². The highest BCUT2D eigenvalue weighted by atomic mass is 16.6. The maximum absolute atomic E-state index is 10.2. The molecule has 0 aromatic heterocycles. The molecule has 1 fully saturated rings. The van der Waals surface area contributed by atoms with Crippen LogP contribution < -0.4 is 0 Å². The van der Waals surface area contributed by atoms with Crippen molar-refractivity contribution in [3.05, 3.63) is 51.7 Å². The van der Waals surface area contributed by atoms with Gasteiger partial charge in [0.25, 0.3) is 0 Å². The lowest BCUT2D eigenvalue weighted by molar-refractivity contribution is -0.400. The molecule has 0 aliphatic carbocycles. The molecule has 0 N–H and O–H groups in total. The zero-order chi connectivity index (χ0) is 12.8. The quantitative estimate of drug-likeness (QED) is 0.593. The maximum Gasteiger partial charge on any atom is 0.235 e. The van der Waals surface area contributed by atoms with E-state index in [4.69, 9.17) is 4.74 Å². The highest BCUT2D eigenvalue weighted by Gasteiger charge is 2.14. The van der Waals surface area contributed by atoms with Gasteiger partial charge in [-0.2, -0.15) is 0 Å². The van der Waals surface area contributed by atoms with Crippen molar-refractivity contribution in [3.63, 3.8) is 0 Å². The summed E-state index contributed by atoms with van der Waals surface area (Å²) in [6, 6.07) is 7.86. The first kappa shape index (κ1) is 12.8. The van der Waals surface area contributed by atoms with Crippen LogP contribution in [0.4, 0.5) is 0 Å². The van der Waals surface area contributed by atoms with Crippen molar-refractivity contribution in [1.29, 1.82) is 0 Å². The number of rotatable bonds is 5. The van der Waals surface area contributed by atoms with Gasteiger partial charge in [0.2, 0.25) is 6.20 Å². The monoisotopic (exact) mass is 247 g/mol. The molecule has 1 aliphatic heterocycles. The molecule has 0 radical (unpaired) electrons. The van der Waals surface area contributed by atoms with Gasteiger partial charge in [-0.3, -0.25) is 10.1 Å². The second kappa shape index (κ2) is 6.31. The van der Waals surface area contributed by atoms with Gasteiger partial charge in [-0.05, 0) is 36.8 Å². The molecular formula is C14H17NO3. The van der Waals surface area contributed by atoms with Gasteiger partial charge in [0.15, 0.2) is 0 Å². The fourth-order valence-corrected chi connectivity index (χ4v) is 2.14. The molecule has 0 amide bonds. The summed E-state index contributed by atoms with van der Waals surface area (Å²) in [7, 11) is 0. The fraction of sp³-hybridized carbons (Fsp3) is 0.429. The van der Waals surface area contributed by atoms with Crippen molar-refractivity contribution in [2.24, 2.45) is 0 Å². The summed E-state index contributed by atoms with van der Waals surface area (Å²) in [6.07, 6.45) is 7.29. The van der Waals surface area contributed by atoms with Crippen LogP contribution in [0.25, 0.3) is 6.08 Å². The largest absolute Gasteiger partial charge is 0.378 e. The normalized spacial score (nSPS) is 19.4. The van der Waals surface area contributed by atoms with Crippen LogP contribution in [0.5, 0.6) is 0 Å². The van der Waals surface area contributed by atoms with Crippen LogP contribution in [0, 0.1) is 10.1 Å². The molecular weight excluding hydrogens is 230 g/mol. The Kier molecular flexibility index (Phi) is 4.47. The first-order valence-electron chi connectivity index (χ1n) is 6.26. The molecule has 1 heterocycles. The van der Waals surface area contributed by atoms with Crippen LogP contribution in [0.15, 0.2) is 30.5 Å². The van der Waals surface area contributed by atoms with Gasteiger partial charge in [0, 0.05) is 12.7 Å². The van der Waals surface area contributed by atoms with Gasteiger partial charge in [-0.1, -0.05) is 24.3 Å². The summed E-state index contributed by atoms with van der Waals surface area (Å²) in [6.45, 7) is 0.898. The molecule has 1 aromatic rings. The molecule has 1 aromatic carbocycles. The summed E-state index contributed by atoms with van der Waals surface area (Å²) >= 11 is 0. The predicted octanol–water partition coefficient (Wildman–Crippen LogP) is 3.05. The Hall–Kier alpha value is -1.68. The number of aryl methyl sites for hydroxylation is 1. The van der Waals surface area contributed by atoms with E-state index in [1.165, 1.54) is 24.5 Å². The van der Waals surface area contributed by atoms with Gasteiger partial charge in [0.05, 0.1) is 11.0 Å². The second-order valence-electron chi connectivity index (χ2n) is 4.52. The van der Waals surface area contributed by atoms with Crippen molar-refractivity contribution in [2.45, 2.75) is 31.8 Å². The van der Waals surface area contributed by atoms with E-state index in [9.17, 15) is 10.1 Å². The average molecular weight is 247 g/mol. The van der Waals surface area contributed by atoms with E-state index >= 15 is 0 Å². The summed E-state index contributed by atoms with van der Waals surface area (Å²) < 4.78 is 5.58. The molecule has 4 nitrogen and oxygen atoms in total. The van der Waals surface area contributed by atoms with Crippen LogP contribution in [0.1, 0.15) is 30.4 Å². The standard InChI is InChI=1S/C14H17NO3/c16-15(17)10-9-13-5-3-12(4-6-13)7-8-14-2-1-11-18-14/h3-6,9-10,14H,1-2,7-8,11H2. The van der Waals surface area contributed by atoms with Crippen molar-refractivity contribution in [3.8, 4) is 0 Å². The number of hydrogen-bond donors (Lipinski definition) is 0. The second-order valence-corrected chi connectivity index (χ2v) is 4.52. The first-order chi connectivity index (χ1) is 8.74. The molecule has 1 unspecified atom stereocenters. The minimum atomic E-state index is -0.453. The lowest BCUT2D eigenvalue weighted by Gasteiger charge is -2.08. The Morgan fingerprint density at radius 3 is 2.78 bits per heavy atom. The number of nitrogens with zero attached hydrogens (tertiary/aromatic N) is 1. The SMILES string of the molecule is O=[N+]([O-])C=Cc1ccc(CCC2CCCO2)cc1. The summed E-state index contributed by atoms with van der Waals surface area (Å²) in [5.41, 5.74) is 2.11. The molecule has 2 rings (SSSR count). The van der Waals surface area contributed by atoms with Gasteiger partial charge in [0.1, 0.15) is 0 Å². The van der Waals surface area contributed by atoms with E-state index in [-0.39, 0.29) is 0 Å². The Morgan fingerprint density at radius 1 is 1.39 bits per heavy atom. The van der Waals surface area contributed by atoms with Gasteiger partial charge < -0.3 is 4.74 Å². The lowest BCUT2D eigenvalue weighted by atomic mass is 10.0. The molecule has 0 saturated carbocycles. The van der Waals surface area contributed by atoms with Crippen LogP contribution in [0.3, 0.4) is 0 Å². The van der Waals surface area contributed by atoms with Crippen molar-refractivity contribution >= 4 is 6.08 Å². The smallest absolute Gasteiger partial charge is 0.235 e. The molecule has 18 heavy (non-hydrogen) atoms. The number of benzene rings is 1. The summed E-state index contributed by atoms with van der Waals surface area (Å²) in [5, 5.41) is 10.2. The van der Waals surface area contributed by atoms with Gasteiger partial charge in [-0.25, -0.2) is 0 Å². The summed E-state index contributed by atoms with van der Waals surface area (Å²) in [5.74, 6) is 0. The lowest BCUT2D eigenvalue weighted by Crippen LogP contribution is -2.05. The van der Waals surface area contributed by atoms with Gasteiger partial charge in [-0.15, -0.1) is 0 Å². The average Bonchev–Trinajstić information content (AvgIpc) is 2.88. The van der Waals surface area contributed by atoms with E-state index in [0.717, 1.165) is 31.2 Å². The minimum Gasteiger partial charge on any atom is -0.378 e. The van der Waals surface area contributed by atoms with E-state index in [1.54, 1.807) is 0 Å². The molecule has 96 valence electrons. The minimum absolute atomic E-state index is 0.416. The predicted molar refractivity (Wildman–Crippen MR) is 69.8 cm³/mol. The highest BCUT2D eigenvalue weighted by molar-refractivity contribution is 5.48. The maximum atomic E-state index is 10.2. The van der Waals surface area contributed by atoms with Crippen LogP contribution in [0.2, 0.25) is 0 Å². The van der Waals surface area contributed by atoms with Gasteiger partial charge >= 0.3 is 0 Å². The molecule has 4 heteroatoms. The molecule has 0 spiro atoms. The number of ether oxygens (including phenoxy) is 1. The Labute approximate surface area is 106 Å². The third kappa shape index (κ3) is 3.96. The highest BCUT2D eigenvalue weighted by Crippen LogP contribution is 2.18. The zero-order valence-electron chi connectivity index (χ0n) is 10.2. The molecule has 1 saturated heterocycles. The fourth-order valence-electron chi connectivity index (χ4n) is 2.14. The number of hydrogen-bond acceptors (Lipinski definition) is 3. The molecule has 1 aliphatic rings. The van der Waals surface area contributed by atoms with Crippen LogP contribution >= 0.6 is 0 Å².